The number of carbonyl (C=O) groups excluding carboxylic acids is 3. The second-order valence-electron chi connectivity index (χ2n) is 7.06. The molecular formula is C22H16Cl2FNO4. The zero-order valence-corrected chi connectivity index (χ0v) is 17.2. The molecule has 0 saturated heterocycles. The van der Waals surface area contributed by atoms with Crippen molar-refractivity contribution >= 4 is 46.5 Å². The minimum Gasteiger partial charge on any atom is -0.484 e. The van der Waals surface area contributed by atoms with Crippen LogP contribution in [0.2, 0.25) is 10.0 Å². The third-order valence-corrected chi connectivity index (χ3v) is 5.70. The van der Waals surface area contributed by atoms with Crippen molar-refractivity contribution in [3.63, 3.8) is 0 Å². The number of carbonyl (C=O) groups is 3. The summed E-state index contributed by atoms with van der Waals surface area (Å²) in [6.45, 7) is -0.358. The van der Waals surface area contributed by atoms with Crippen molar-refractivity contribution < 1.29 is 23.5 Å². The van der Waals surface area contributed by atoms with Crippen LogP contribution in [-0.4, -0.2) is 24.2 Å². The molecule has 1 aliphatic heterocycles. The smallest absolute Gasteiger partial charge is 0.261 e. The van der Waals surface area contributed by atoms with Gasteiger partial charge in [0.05, 0.1) is 10.7 Å². The van der Waals surface area contributed by atoms with E-state index >= 15 is 0 Å². The van der Waals surface area contributed by atoms with Crippen LogP contribution in [0.25, 0.3) is 0 Å². The molecule has 154 valence electrons. The lowest BCUT2D eigenvalue weighted by molar-refractivity contribution is -0.120. The third kappa shape index (κ3) is 3.73. The molecule has 2 aliphatic rings. The fraction of sp³-hybridized carbons (Fsp3) is 0.227. The van der Waals surface area contributed by atoms with Crippen molar-refractivity contribution in [1.82, 2.24) is 0 Å². The molecule has 2 amide bonds. The lowest BCUT2D eigenvalue weighted by Crippen LogP contribution is -2.32. The Morgan fingerprint density at radius 2 is 1.60 bits per heavy atom. The molecule has 0 aromatic heterocycles. The van der Waals surface area contributed by atoms with Gasteiger partial charge in [0.2, 0.25) is 0 Å². The van der Waals surface area contributed by atoms with Gasteiger partial charge in [-0.3, -0.25) is 14.4 Å². The van der Waals surface area contributed by atoms with E-state index in [9.17, 15) is 18.8 Å². The SMILES string of the molecule is O=C(COc1cc(N2C(=O)C3=C(CCCC3)C2=O)c(F)cc1Cl)c1ccc(Cl)cc1. The van der Waals surface area contributed by atoms with Crippen molar-refractivity contribution in [3.05, 3.63) is 69.0 Å². The number of nitrogens with zero attached hydrogens (tertiary/aromatic N) is 1. The Hall–Kier alpha value is -2.70. The third-order valence-electron chi connectivity index (χ3n) is 5.16. The van der Waals surface area contributed by atoms with Gasteiger partial charge in [0.1, 0.15) is 11.6 Å². The van der Waals surface area contributed by atoms with Gasteiger partial charge in [-0.15, -0.1) is 0 Å². The topological polar surface area (TPSA) is 63.7 Å². The maximum Gasteiger partial charge on any atom is 0.261 e. The van der Waals surface area contributed by atoms with Gasteiger partial charge in [-0.1, -0.05) is 23.2 Å². The first kappa shape index (κ1) is 20.6. The van der Waals surface area contributed by atoms with E-state index < -0.39 is 17.6 Å². The van der Waals surface area contributed by atoms with Crippen LogP contribution >= 0.6 is 23.2 Å². The molecule has 0 N–H and O–H groups in total. The van der Waals surface area contributed by atoms with Crippen LogP contribution in [0.5, 0.6) is 5.75 Å². The average molecular weight is 448 g/mol. The summed E-state index contributed by atoms with van der Waals surface area (Å²) < 4.78 is 20.1. The van der Waals surface area contributed by atoms with Gasteiger partial charge in [0, 0.05) is 27.8 Å². The van der Waals surface area contributed by atoms with Crippen LogP contribution in [-0.2, 0) is 9.59 Å². The highest BCUT2D eigenvalue weighted by Gasteiger charge is 2.41. The number of anilines is 1. The number of rotatable bonds is 5. The van der Waals surface area contributed by atoms with Crippen LogP contribution < -0.4 is 9.64 Å². The van der Waals surface area contributed by atoms with Crippen molar-refractivity contribution in [2.75, 3.05) is 11.5 Å². The predicted molar refractivity (Wildman–Crippen MR) is 111 cm³/mol. The summed E-state index contributed by atoms with van der Waals surface area (Å²) in [4.78, 5) is 38.6. The highest BCUT2D eigenvalue weighted by Crippen LogP contribution is 2.39. The summed E-state index contributed by atoms with van der Waals surface area (Å²) in [6.07, 6.45) is 2.64. The molecule has 0 bridgehead atoms. The molecule has 2 aromatic rings. The Morgan fingerprint density at radius 1 is 1.00 bits per heavy atom. The highest BCUT2D eigenvalue weighted by atomic mass is 35.5. The molecule has 30 heavy (non-hydrogen) atoms. The summed E-state index contributed by atoms with van der Waals surface area (Å²) in [6, 6.07) is 8.43. The van der Waals surface area contributed by atoms with E-state index in [0.29, 0.717) is 34.6 Å². The van der Waals surface area contributed by atoms with E-state index in [-0.39, 0.29) is 28.8 Å². The van der Waals surface area contributed by atoms with Crippen LogP contribution in [0.4, 0.5) is 10.1 Å². The number of halogens is 3. The zero-order chi connectivity index (χ0) is 21.4. The molecule has 0 saturated carbocycles. The maximum absolute atomic E-state index is 14.6. The molecule has 0 radical (unpaired) electrons. The number of hydrogen-bond acceptors (Lipinski definition) is 4. The summed E-state index contributed by atoms with van der Waals surface area (Å²) >= 11 is 11.9. The Labute approximate surface area is 182 Å². The van der Waals surface area contributed by atoms with Gasteiger partial charge in [0.25, 0.3) is 11.8 Å². The minimum atomic E-state index is -0.821. The zero-order valence-electron chi connectivity index (χ0n) is 15.7. The Bertz CT molecular complexity index is 1070. The Morgan fingerprint density at radius 3 is 2.20 bits per heavy atom. The first-order valence-corrected chi connectivity index (χ1v) is 10.1. The molecule has 0 atom stereocenters. The Kier molecular flexibility index (Phi) is 5.62. The van der Waals surface area contributed by atoms with E-state index in [1.807, 2.05) is 0 Å². The predicted octanol–water partition coefficient (Wildman–Crippen LogP) is 5.14. The molecule has 8 heteroatoms. The van der Waals surface area contributed by atoms with E-state index in [1.54, 1.807) is 24.3 Å². The summed E-state index contributed by atoms with van der Waals surface area (Å²) in [7, 11) is 0. The molecule has 2 aromatic carbocycles. The van der Waals surface area contributed by atoms with Crippen LogP contribution in [0, 0.1) is 5.82 Å². The lowest BCUT2D eigenvalue weighted by Gasteiger charge is -2.18. The minimum absolute atomic E-state index is 0.000789. The number of ether oxygens (including phenoxy) is 1. The summed E-state index contributed by atoms with van der Waals surface area (Å²) in [5.74, 6) is -2.18. The van der Waals surface area contributed by atoms with E-state index in [1.165, 1.54) is 6.07 Å². The average Bonchev–Trinajstić information content (AvgIpc) is 2.98. The van der Waals surface area contributed by atoms with Crippen LogP contribution in [0.15, 0.2) is 47.5 Å². The monoisotopic (exact) mass is 447 g/mol. The van der Waals surface area contributed by atoms with E-state index in [0.717, 1.165) is 23.8 Å². The number of hydrogen-bond donors (Lipinski definition) is 0. The largest absolute Gasteiger partial charge is 0.484 e. The van der Waals surface area contributed by atoms with Crippen molar-refractivity contribution in [1.29, 1.82) is 0 Å². The fourth-order valence-corrected chi connectivity index (χ4v) is 3.95. The molecule has 0 fully saturated rings. The molecule has 0 unspecified atom stereocenters. The summed E-state index contributed by atoms with van der Waals surface area (Å²) in [5.41, 5.74) is 1.04. The first-order chi connectivity index (χ1) is 14.4. The lowest BCUT2D eigenvalue weighted by atomic mass is 9.93. The van der Waals surface area contributed by atoms with Gasteiger partial charge in [0.15, 0.2) is 12.4 Å². The van der Waals surface area contributed by atoms with Crippen molar-refractivity contribution in [2.45, 2.75) is 25.7 Å². The second kappa shape index (κ2) is 8.20. The molecule has 1 aliphatic carbocycles. The summed E-state index contributed by atoms with van der Waals surface area (Å²) in [5, 5.41) is 0.423. The van der Waals surface area contributed by atoms with Gasteiger partial charge in [-0.25, -0.2) is 9.29 Å². The van der Waals surface area contributed by atoms with Gasteiger partial charge in [-0.2, -0.15) is 0 Å². The molecule has 4 rings (SSSR count). The second-order valence-corrected chi connectivity index (χ2v) is 7.91. The highest BCUT2D eigenvalue weighted by molar-refractivity contribution is 6.34. The van der Waals surface area contributed by atoms with Crippen molar-refractivity contribution in [2.24, 2.45) is 0 Å². The molecular weight excluding hydrogens is 432 g/mol. The van der Waals surface area contributed by atoms with Gasteiger partial charge >= 0.3 is 0 Å². The van der Waals surface area contributed by atoms with Gasteiger partial charge in [-0.05, 0) is 56.0 Å². The van der Waals surface area contributed by atoms with Gasteiger partial charge < -0.3 is 4.74 Å². The van der Waals surface area contributed by atoms with Crippen LogP contribution in [0.3, 0.4) is 0 Å². The van der Waals surface area contributed by atoms with Crippen LogP contribution in [0.1, 0.15) is 36.0 Å². The van der Waals surface area contributed by atoms with Crippen molar-refractivity contribution in [3.8, 4) is 5.75 Å². The number of imide groups is 1. The number of ketones is 1. The molecule has 5 nitrogen and oxygen atoms in total. The standard InChI is InChI=1S/C22H16Cl2FNO4/c23-13-7-5-12(6-8-13)19(27)11-30-20-10-18(17(25)9-16(20)24)26-21(28)14-3-1-2-4-15(14)22(26)29/h5-10H,1-4,11H2. The fourth-order valence-electron chi connectivity index (χ4n) is 3.62. The number of Topliss-reactive ketones (excluding diaryl/α,β-unsaturated/α-hetero) is 1. The quantitative estimate of drug-likeness (QED) is 0.470. The van der Waals surface area contributed by atoms with E-state index in [2.05, 4.69) is 0 Å². The molecule has 0 spiro atoms. The van der Waals surface area contributed by atoms with E-state index in [4.69, 9.17) is 27.9 Å². The Balaban J connectivity index is 1.57. The molecule has 1 heterocycles. The normalized spacial score (nSPS) is 16.2. The first-order valence-electron chi connectivity index (χ1n) is 9.38. The maximum atomic E-state index is 14.6. The number of amides is 2. The number of benzene rings is 2.